The third-order valence-corrected chi connectivity index (χ3v) is 1.89. The van der Waals surface area contributed by atoms with Gasteiger partial charge in [0.1, 0.15) is 0 Å². The number of nitrogens with zero attached hydrogens (tertiary/aromatic N) is 1. The fourth-order valence-electron chi connectivity index (χ4n) is 1.22. The maximum Gasteiger partial charge on any atom is 0.333 e. The predicted molar refractivity (Wildman–Crippen MR) is 44.6 cm³/mol. The summed E-state index contributed by atoms with van der Waals surface area (Å²) in [6.45, 7) is 0.0494. The zero-order chi connectivity index (χ0) is 10.7. The Bertz CT molecular complexity index is 278. The minimum Gasteiger partial charge on any atom is -0.469 e. The van der Waals surface area contributed by atoms with Crippen LogP contribution < -0.4 is 11.2 Å². The van der Waals surface area contributed by atoms with E-state index in [4.69, 9.17) is 5.73 Å². The SMILES string of the molecule is COC(=O)[C@@H]1CC(=O)NN(C(N)=O)C1. The zero-order valence-corrected chi connectivity index (χ0v) is 7.65. The quantitative estimate of drug-likeness (QED) is 0.509. The van der Waals surface area contributed by atoms with Crippen LogP contribution in [-0.2, 0) is 14.3 Å². The average Bonchev–Trinajstić information content (AvgIpc) is 2.15. The van der Waals surface area contributed by atoms with Crippen molar-refractivity contribution in [1.29, 1.82) is 0 Å². The van der Waals surface area contributed by atoms with Gasteiger partial charge < -0.3 is 10.5 Å². The van der Waals surface area contributed by atoms with Crippen LogP contribution in [0.4, 0.5) is 4.79 Å². The van der Waals surface area contributed by atoms with E-state index in [2.05, 4.69) is 10.2 Å². The van der Waals surface area contributed by atoms with Crippen molar-refractivity contribution < 1.29 is 19.1 Å². The summed E-state index contributed by atoms with van der Waals surface area (Å²) >= 11 is 0. The Morgan fingerprint density at radius 3 is 2.79 bits per heavy atom. The van der Waals surface area contributed by atoms with Crippen LogP contribution in [0.25, 0.3) is 0 Å². The highest BCUT2D eigenvalue weighted by Crippen LogP contribution is 2.11. The molecule has 3 amide bonds. The average molecular weight is 201 g/mol. The smallest absolute Gasteiger partial charge is 0.333 e. The molecule has 0 aromatic rings. The molecule has 1 rings (SSSR count). The number of nitrogens with two attached hydrogens (primary N) is 1. The largest absolute Gasteiger partial charge is 0.469 e. The Balaban J connectivity index is 2.67. The molecule has 0 radical (unpaired) electrons. The number of carbonyl (C=O) groups excluding carboxylic acids is 3. The van der Waals surface area contributed by atoms with E-state index in [1.54, 1.807) is 0 Å². The number of carbonyl (C=O) groups is 3. The van der Waals surface area contributed by atoms with Gasteiger partial charge in [-0.1, -0.05) is 0 Å². The van der Waals surface area contributed by atoms with Crippen molar-refractivity contribution in [1.82, 2.24) is 10.4 Å². The lowest BCUT2D eigenvalue weighted by atomic mass is 10.0. The van der Waals surface area contributed by atoms with E-state index >= 15 is 0 Å². The van der Waals surface area contributed by atoms with Crippen LogP contribution in [0, 0.1) is 5.92 Å². The number of hydrogen-bond acceptors (Lipinski definition) is 4. The number of methoxy groups -OCH3 is 1. The molecule has 0 bridgehead atoms. The van der Waals surface area contributed by atoms with E-state index in [0.29, 0.717) is 0 Å². The van der Waals surface area contributed by atoms with Gasteiger partial charge in [0.2, 0.25) is 5.91 Å². The number of rotatable bonds is 1. The number of ether oxygens (including phenoxy) is 1. The predicted octanol–water partition coefficient (Wildman–Crippen LogP) is -1.41. The van der Waals surface area contributed by atoms with Gasteiger partial charge in [0.25, 0.3) is 0 Å². The van der Waals surface area contributed by atoms with Crippen molar-refractivity contribution in [3.05, 3.63) is 0 Å². The summed E-state index contributed by atoms with van der Waals surface area (Å²) in [6, 6.07) is -0.799. The molecule has 1 atom stereocenters. The van der Waals surface area contributed by atoms with Crippen LogP contribution in [0.3, 0.4) is 0 Å². The fraction of sp³-hybridized carbons (Fsp3) is 0.571. The van der Waals surface area contributed by atoms with E-state index in [1.807, 2.05) is 0 Å². The van der Waals surface area contributed by atoms with Gasteiger partial charge in [0.05, 0.1) is 19.6 Å². The van der Waals surface area contributed by atoms with E-state index in [0.717, 1.165) is 5.01 Å². The highest BCUT2D eigenvalue weighted by molar-refractivity contribution is 5.87. The zero-order valence-electron chi connectivity index (χ0n) is 7.65. The first-order chi connectivity index (χ1) is 6.54. The van der Waals surface area contributed by atoms with E-state index in [-0.39, 0.29) is 13.0 Å². The summed E-state index contributed by atoms with van der Waals surface area (Å²) in [5.41, 5.74) is 7.19. The van der Waals surface area contributed by atoms with Crippen LogP contribution in [0.2, 0.25) is 0 Å². The van der Waals surface area contributed by atoms with Crippen LogP contribution >= 0.6 is 0 Å². The van der Waals surface area contributed by atoms with Crippen LogP contribution in [0.5, 0.6) is 0 Å². The topological polar surface area (TPSA) is 102 Å². The molecule has 0 aromatic heterocycles. The van der Waals surface area contributed by atoms with Gasteiger partial charge in [-0.15, -0.1) is 0 Å². The molecule has 1 aliphatic rings. The minimum absolute atomic E-state index is 0.0104. The molecule has 0 aromatic carbocycles. The molecule has 1 aliphatic heterocycles. The molecule has 7 heteroatoms. The van der Waals surface area contributed by atoms with Gasteiger partial charge in [0.15, 0.2) is 0 Å². The van der Waals surface area contributed by atoms with Crippen LogP contribution in [0.15, 0.2) is 0 Å². The number of amides is 3. The van der Waals surface area contributed by atoms with Gasteiger partial charge in [-0.25, -0.2) is 9.80 Å². The molecule has 1 fully saturated rings. The molecular weight excluding hydrogens is 190 g/mol. The third-order valence-electron chi connectivity index (χ3n) is 1.89. The van der Waals surface area contributed by atoms with Crippen molar-refractivity contribution in [2.24, 2.45) is 11.7 Å². The summed E-state index contributed by atoms with van der Waals surface area (Å²) in [5.74, 6) is -1.59. The summed E-state index contributed by atoms with van der Waals surface area (Å²) in [4.78, 5) is 32.9. The maximum atomic E-state index is 11.1. The van der Waals surface area contributed by atoms with E-state index in [9.17, 15) is 14.4 Å². The molecule has 1 saturated heterocycles. The maximum absolute atomic E-state index is 11.1. The molecule has 3 N–H and O–H groups in total. The highest BCUT2D eigenvalue weighted by atomic mass is 16.5. The molecule has 0 aliphatic carbocycles. The molecular formula is C7H11N3O4. The Hall–Kier alpha value is -1.79. The molecule has 78 valence electrons. The molecule has 7 nitrogen and oxygen atoms in total. The van der Waals surface area contributed by atoms with Crippen LogP contribution in [0.1, 0.15) is 6.42 Å². The lowest BCUT2D eigenvalue weighted by Crippen LogP contribution is -2.56. The first-order valence-corrected chi connectivity index (χ1v) is 3.99. The van der Waals surface area contributed by atoms with Gasteiger partial charge in [0, 0.05) is 6.42 Å². The first-order valence-electron chi connectivity index (χ1n) is 3.99. The first kappa shape index (κ1) is 10.3. The molecule has 0 spiro atoms. The van der Waals surface area contributed by atoms with Crippen molar-refractivity contribution >= 4 is 17.9 Å². The van der Waals surface area contributed by atoms with Gasteiger partial charge in [-0.3, -0.25) is 15.0 Å². The van der Waals surface area contributed by atoms with Crippen LogP contribution in [-0.4, -0.2) is 36.6 Å². The normalized spacial score (nSPS) is 21.4. The second kappa shape index (κ2) is 3.95. The number of primary amides is 1. The Morgan fingerprint density at radius 1 is 1.64 bits per heavy atom. The molecule has 1 heterocycles. The summed E-state index contributed by atoms with van der Waals surface area (Å²) in [5, 5.41) is 0.896. The number of nitrogens with one attached hydrogen (secondary N) is 1. The van der Waals surface area contributed by atoms with Crippen molar-refractivity contribution in [3.63, 3.8) is 0 Å². The minimum atomic E-state index is -0.799. The van der Waals surface area contributed by atoms with Gasteiger partial charge in [-0.2, -0.15) is 0 Å². The number of hydrazine groups is 1. The molecule has 0 unspecified atom stereocenters. The van der Waals surface area contributed by atoms with Crippen molar-refractivity contribution in [2.45, 2.75) is 6.42 Å². The highest BCUT2D eigenvalue weighted by Gasteiger charge is 2.32. The third kappa shape index (κ3) is 2.12. The fourth-order valence-corrected chi connectivity index (χ4v) is 1.22. The Morgan fingerprint density at radius 2 is 2.29 bits per heavy atom. The molecule has 14 heavy (non-hydrogen) atoms. The second-order valence-electron chi connectivity index (χ2n) is 2.91. The monoisotopic (exact) mass is 201 g/mol. The lowest BCUT2D eigenvalue weighted by Gasteiger charge is -2.29. The van der Waals surface area contributed by atoms with Crippen molar-refractivity contribution in [3.8, 4) is 0 Å². The van der Waals surface area contributed by atoms with Gasteiger partial charge >= 0.3 is 12.0 Å². The lowest BCUT2D eigenvalue weighted by molar-refractivity contribution is -0.151. The number of esters is 1. The Labute approximate surface area is 80.1 Å². The summed E-state index contributed by atoms with van der Waals surface area (Å²) in [7, 11) is 1.23. The second-order valence-corrected chi connectivity index (χ2v) is 2.91. The van der Waals surface area contributed by atoms with E-state index < -0.39 is 23.8 Å². The van der Waals surface area contributed by atoms with Crippen molar-refractivity contribution in [2.75, 3.05) is 13.7 Å². The Kier molecular flexibility index (Phi) is 2.90. The number of hydrogen-bond donors (Lipinski definition) is 2. The number of urea groups is 1. The molecule has 0 saturated carbocycles. The standard InChI is InChI=1S/C7H11N3O4/c1-14-6(12)4-2-5(11)9-10(3-4)7(8)13/h4H,2-3H2,1H3,(H2,8,13)(H,9,11)/t4-/m1/s1. The summed E-state index contributed by atoms with van der Waals surface area (Å²) < 4.78 is 4.47. The van der Waals surface area contributed by atoms with E-state index in [1.165, 1.54) is 7.11 Å². The van der Waals surface area contributed by atoms with Gasteiger partial charge in [-0.05, 0) is 0 Å². The summed E-state index contributed by atoms with van der Waals surface area (Å²) in [6.07, 6.45) is 0.0104.